The van der Waals surface area contributed by atoms with Gasteiger partial charge >= 0.3 is 0 Å². The average molecular weight is 488 g/mol. The SMILES string of the molecule is COc1ccc(N2C(=O)C(=O)/C(=C(/O)c3cc(C(C)(C)C)ccc3OC)C2c2ccc(O)cc2)cc1. The zero-order chi connectivity index (χ0) is 26.2. The lowest BCUT2D eigenvalue weighted by atomic mass is 9.85. The molecule has 0 radical (unpaired) electrons. The normalized spacial score (nSPS) is 17.4. The molecule has 7 nitrogen and oxygen atoms in total. The highest BCUT2D eigenvalue weighted by atomic mass is 16.5. The number of hydrogen-bond donors (Lipinski definition) is 2. The molecule has 186 valence electrons. The first kappa shape index (κ1) is 24.9. The molecule has 1 fully saturated rings. The maximum Gasteiger partial charge on any atom is 0.300 e. The second-order valence-electron chi connectivity index (χ2n) is 9.62. The van der Waals surface area contributed by atoms with Gasteiger partial charge in [-0.3, -0.25) is 14.5 Å². The van der Waals surface area contributed by atoms with Crippen molar-refractivity contribution in [3.8, 4) is 17.2 Å². The average Bonchev–Trinajstić information content (AvgIpc) is 3.13. The van der Waals surface area contributed by atoms with Crippen molar-refractivity contribution in [2.45, 2.75) is 32.2 Å². The fraction of sp³-hybridized carbons (Fsp3) is 0.241. The molecule has 7 heteroatoms. The fourth-order valence-electron chi connectivity index (χ4n) is 4.32. The first-order valence-corrected chi connectivity index (χ1v) is 11.5. The van der Waals surface area contributed by atoms with E-state index in [-0.39, 0.29) is 22.5 Å². The highest BCUT2D eigenvalue weighted by molar-refractivity contribution is 6.51. The van der Waals surface area contributed by atoms with Crippen LogP contribution in [0, 0.1) is 0 Å². The maximum atomic E-state index is 13.4. The van der Waals surface area contributed by atoms with E-state index in [9.17, 15) is 19.8 Å². The number of amides is 1. The third-order valence-electron chi connectivity index (χ3n) is 6.32. The summed E-state index contributed by atoms with van der Waals surface area (Å²) in [4.78, 5) is 28.1. The van der Waals surface area contributed by atoms with Crippen LogP contribution in [-0.2, 0) is 15.0 Å². The van der Waals surface area contributed by atoms with Crippen molar-refractivity contribution < 1.29 is 29.3 Å². The number of ketones is 1. The number of anilines is 1. The first-order valence-electron chi connectivity index (χ1n) is 11.5. The monoisotopic (exact) mass is 487 g/mol. The molecular weight excluding hydrogens is 458 g/mol. The highest BCUT2D eigenvalue weighted by Crippen LogP contribution is 2.44. The van der Waals surface area contributed by atoms with Gasteiger partial charge in [0.1, 0.15) is 23.0 Å². The Bertz CT molecular complexity index is 1330. The summed E-state index contributed by atoms with van der Waals surface area (Å²) in [6.07, 6.45) is 0. The number of hydrogen-bond acceptors (Lipinski definition) is 6. The summed E-state index contributed by atoms with van der Waals surface area (Å²) in [7, 11) is 3.02. The number of benzene rings is 3. The Morgan fingerprint density at radius 3 is 2.08 bits per heavy atom. The Balaban J connectivity index is 1.97. The number of aliphatic hydroxyl groups excluding tert-OH is 1. The van der Waals surface area contributed by atoms with Crippen LogP contribution in [0.15, 0.2) is 72.3 Å². The van der Waals surface area contributed by atoms with Crippen molar-refractivity contribution in [3.63, 3.8) is 0 Å². The zero-order valence-corrected chi connectivity index (χ0v) is 20.9. The van der Waals surface area contributed by atoms with Gasteiger partial charge in [-0.2, -0.15) is 0 Å². The third-order valence-corrected chi connectivity index (χ3v) is 6.32. The topological polar surface area (TPSA) is 96.3 Å². The van der Waals surface area contributed by atoms with E-state index in [0.717, 1.165) is 5.56 Å². The summed E-state index contributed by atoms with van der Waals surface area (Å²) in [6, 6.07) is 17.4. The number of nitrogens with zero attached hydrogens (tertiary/aromatic N) is 1. The molecule has 4 rings (SSSR count). The van der Waals surface area contributed by atoms with Gasteiger partial charge in [-0.05, 0) is 65.1 Å². The number of rotatable bonds is 5. The molecular formula is C29H29NO6. The lowest BCUT2D eigenvalue weighted by Crippen LogP contribution is -2.29. The maximum absolute atomic E-state index is 13.4. The van der Waals surface area contributed by atoms with E-state index in [1.165, 1.54) is 31.3 Å². The van der Waals surface area contributed by atoms with Crippen molar-refractivity contribution in [2.24, 2.45) is 0 Å². The highest BCUT2D eigenvalue weighted by Gasteiger charge is 2.47. The van der Waals surface area contributed by atoms with E-state index in [2.05, 4.69) is 0 Å². The molecule has 1 heterocycles. The second kappa shape index (κ2) is 9.41. The summed E-state index contributed by atoms with van der Waals surface area (Å²) in [5, 5.41) is 21.4. The number of phenolic OH excluding ortho intramolecular Hbond substituents is 1. The Hall–Kier alpha value is -4.26. The summed E-state index contributed by atoms with van der Waals surface area (Å²) >= 11 is 0. The molecule has 1 saturated heterocycles. The van der Waals surface area contributed by atoms with E-state index < -0.39 is 17.7 Å². The van der Waals surface area contributed by atoms with E-state index in [0.29, 0.717) is 28.3 Å². The fourth-order valence-corrected chi connectivity index (χ4v) is 4.32. The molecule has 0 spiro atoms. The number of ether oxygens (including phenoxy) is 2. The minimum Gasteiger partial charge on any atom is -0.508 e. The van der Waals surface area contributed by atoms with Crippen LogP contribution in [0.5, 0.6) is 17.2 Å². The molecule has 0 bridgehead atoms. The summed E-state index contributed by atoms with van der Waals surface area (Å²) in [5.74, 6) is -0.902. The predicted octanol–water partition coefficient (Wildman–Crippen LogP) is 5.33. The molecule has 1 atom stereocenters. The van der Waals surface area contributed by atoms with Crippen LogP contribution in [-0.4, -0.2) is 36.1 Å². The minimum absolute atomic E-state index is 0.0414. The zero-order valence-electron chi connectivity index (χ0n) is 20.9. The molecule has 1 aliphatic heterocycles. The van der Waals surface area contributed by atoms with Crippen molar-refractivity contribution in [1.29, 1.82) is 0 Å². The van der Waals surface area contributed by atoms with Crippen molar-refractivity contribution in [3.05, 3.63) is 89.0 Å². The van der Waals surface area contributed by atoms with Crippen LogP contribution in [0.2, 0.25) is 0 Å². The Kier molecular flexibility index (Phi) is 6.50. The Morgan fingerprint density at radius 2 is 1.53 bits per heavy atom. The van der Waals surface area contributed by atoms with Gasteiger partial charge in [-0.25, -0.2) is 0 Å². The van der Waals surface area contributed by atoms with E-state index >= 15 is 0 Å². The number of methoxy groups -OCH3 is 2. The standard InChI is InChI=1S/C29H29NO6/c1-29(2,3)18-8-15-23(36-5)22(16-18)26(32)24-25(17-6-11-20(31)12-7-17)30(28(34)27(24)33)19-9-13-21(35-4)14-10-19/h6-16,25,31-32H,1-5H3/b26-24+. The van der Waals surface area contributed by atoms with Crippen LogP contribution < -0.4 is 14.4 Å². The largest absolute Gasteiger partial charge is 0.508 e. The molecule has 0 saturated carbocycles. The van der Waals surface area contributed by atoms with Crippen molar-refractivity contribution >= 4 is 23.1 Å². The predicted molar refractivity (Wildman–Crippen MR) is 138 cm³/mol. The quantitative estimate of drug-likeness (QED) is 0.287. The lowest BCUT2D eigenvalue weighted by molar-refractivity contribution is -0.132. The van der Waals surface area contributed by atoms with Gasteiger partial charge in [0.05, 0.1) is 31.4 Å². The molecule has 1 amide bonds. The summed E-state index contributed by atoms with van der Waals surface area (Å²) < 4.78 is 10.7. The molecule has 36 heavy (non-hydrogen) atoms. The number of Topliss-reactive ketones (excluding diaryl/α,β-unsaturated/α-hetero) is 1. The van der Waals surface area contributed by atoms with E-state index in [1.807, 2.05) is 26.8 Å². The number of aromatic hydroxyl groups is 1. The number of aliphatic hydroxyl groups is 1. The molecule has 2 N–H and O–H groups in total. The van der Waals surface area contributed by atoms with Crippen molar-refractivity contribution in [1.82, 2.24) is 0 Å². The van der Waals surface area contributed by atoms with E-state index in [1.54, 1.807) is 48.5 Å². The van der Waals surface area contributed by atoms with E-state index in [4.69, 9.17) is 9.47 Å². The van der Waals surface area contributed by atoms with Crippen LogP contribution >= 0.6 is 0 Å². The van der Waals surface area contributed by atoms with Gasteiger partial charge in [0.2, 0.25) is 0 Å². The minimum atomic E-state index is -0.929. The van der Waals surface area contributed by atoms with Gasteiger partial charge in [-0.15, -0.1) is 0 Å². The molecule has 0 aliphatic carbocycles. The molecule has 0 aromatic heterocycles. The molecule has 1 aliphatic rings. The molecule has 3 aromatic rings. The van der Waals surface area contributed by atoms with Crippen LogP contribution in [0.25, 0.3) is 5.76 Å². The molecule has 1 unspecified atom stereocenters. The van der Waals surface area contributed by atoms with Crippen molar-refractivity contribution in [2.75, 3.05) is 19.1 Å². The van der Waals surface area contributed by atoms with Crippen LogP contribution in [0.1, 0.15) is 43.5 Å². The smallest absolute Gasteiger partial charge is 0.300 e. The number of carbonyl (C=O) groups is 2. The number of carbonyl (C=O) groups excluding carboxylic acids is 2. The van der Waals surface area contributed by atoms with Gasteiger partial charge in [-0.1, -0.05) is 39.0 Å². The van der Waals surface area contributed by atoms with Gasteiger partial charge in [0.15, 0.2) is 0 Å². The number of phenols is 1. The Morgan fingerprint density at radius 1 is 0.889 bits per heavy atom. The molecule has 3 aromatic carbocycles. The van der Waals surface area contributed by atoms with Gasteiger partial charge < -0.3 is 19.7 Å². The van der Waals surface area contributed by atoms with Crippen LogP contribution in [0.4, 0.5) is 5.69 Å². The lowest BCUT2D eigenvalue weighted by Gasteiger charge is -2.26. The van der Waals surface area contributed by atoms with Crippen LogP contribution in [0.3, 0.4) is 0 Å². The third kappa shape index (κ3) is 4.40. The summed E-state index contributed by atoms with van der Waals surface area (Å²) in [6.45, 7) is 6.12. The first-order chi connectivity index (χ1) is 17.1. The second-order valence-corrected chi connectivity index (χ2v) is 9.62. The Labute approximate surface area is 210 Å². The van der Waals surface area contributed by atoms with Gasteiger partial charge in [0, 0.05) is 5.69 Å². The van der Waals surface area contributed by atoms with Gasteiger partial charge in [0.25, 0.3) is 11.7 Å². The summed E-state index contributed by atoms with van der Waals surface area (Å²) in [5.41, 5.74) is 1.97.